The summed E-state index contributed by atoms with van der Waals surface area (Å²) < 4.78 is 0. The van der Waals surface area contributed by atoms with E-state index in [1.54, 1.807) is 0 Å². The van der Waals surface area contributed by atoms with Gasteiger partial charge in [-0.3, -0.25) is 14.9 Å². The summed E-state index contributed by atoms with van der Waals surface area (Å²) in [6, 6.07) is 13.8. The topological polar surface area (TPSA) is 75.5 Å². The first-order valence-corrected chi connectivity index (χ1v) is 9.34. The van der Waals surface area contributed by atoms with Gasteiger partial charge < -0.3 is 10.2 Å². The molecular weight excluding hydrogens is 342 g/mol. The number of hydrogen-bond acceptors (Lipinski definition) is 4. The highest BCUT2D eigenvalue weighted by Gasteiger charge is 2.17. The molecule has 1 unspecified atom stereocenters. The minimum Gasteiger partial charge on any atom is -0.372 e. The van der Waals surface area contributed by atoms with Gasteiger partial charge in [0.2, 0.25) is 0 Å². The minimum absolute atomic E-state index is 0.0257. The van der Waals surface area contributed by atoms with Gasteiger partial charge >= 0.3 is 0 Å². The quantitative estimate of drug-likeness (QED) is 0.631. The summed E-state index contributed by atoms with van der Waals surface area (Å²) in [5.41, 5.74) is 2.63. The SMILES string of the molecule is CC1CCN(c2ccc(C(C)NC(=O)c3ccc([N+](=O)[O-])cc3)cc2)CC1. The van der Waals surface area contributed by atoms with E-state index in [1.165, 1.54) is 42.8 Å². The zero-order valence-electron chi connectivity index (χ0n) is 15.7. The van der Waals surface area contributed by atoms with Crippen LogP contribution in [0.3, 0.4) is 0 Å². The number of carbonyl (C=O) groups excluding carboxylic acids is 1. The van der Waals surface area contributed by atoms with Crippen LogP contribution in [0.25, 0.3) is 0 Å². The number of amides is 1. The van der Waals surface area contributed by atoms with E-state index in [0.29, 0.717) is 5.56 Å². The second-order valence-corrected chi connectivity index (χ2v) is 7.26. The summed E-state index contributed by atoms with van der Waals surface area (Å²) >= 11 is 0. The number of piperidine rings is 1. The highest BCUT2D eigenvalue weighted by Crippen LogP contribution is 2.24. The fourth-order valence-electron chi connectivity index (χ4n) is 3.34. The second-order valence-electron chi connectivity index (χ2n) is 7.26. The van der Waals surface area contributed by atoms with Crippen molar-refractivity contribution in [2.75, 3.05) is 18.0 Å². The molecule has 6 nitrogen and oxygen atoms in total. The molecule has 1 amide bonds. The van der Waals surface area contributed by atoms with Crippen molar-refractivity contribution in [1.29, 1.82) is 0 Å². The van der Waals surface area contributed by atoms with E-state index in [9.17, 15) is 14.9 Å². The van der Waals surface area contributed by atoms with E-state index < -0.39 is 4.92 Å². The highest BCUT2D eigenvalue weighted by atomic mass is 16.6. The summed E-state index contributed by atoms with van der Waals surface area (Å²) in [7, 11) is 0. The predicted molar refractivity (Wildman–Crippen MR) is 106 cm³/mol. The number of nitrogens with zero attached hydrogens (tertiary/aromatic N) is 2. The number of non-ortho nitro benzene ring substituents is 1. The fraction of sp³-hybridized carbons (Fsp3) is 0.381. The van der Waals surface area contributed by atoms with Crippen LogP contribution in [0.5, 0.6) is 0 Å². The molecule has 3 rings (SSSR count). The molecule has 1 aliphatic rings. The molecule has 0 radical (unpaired) electrons. The highest BCUT2D eigenvalue weighted by molar-refractivity contribution is 5.94. The molecule has 142 valence electrons. The first-order chi connectivity index (χ1) is 12.9. The Hall–Kier alpha value is -2.89. The van der Waals surface area contributed by atoms with Crippen molar-refractivity contribution in [3.8, 4) is 0 Å². The molecule has 1 saturated heterocycles. The number of anilines is 1. The number of hydrogen-bond donors (Lipinski definition) is 1. The number of carbonyl (C=O) groups is 1. The van der Waals surface area contributed by atoms with E-state index >= 15 is 0 Å². The van der Waals surface area contributed by atoms with Gasteiger partial charge in [-0.05, 0) is 55.5 Å². The molecule has 0 aromatic heterocycles. The molecule has 0 aliphatic carbocycles. The summed E-state index contributed by atoms with van der Waals surface area (Å²) in [5, 5.41) is 13.6. The number of nitro benzene ring substituents is 1. The van der Waals surface area contributed by atoms with Crippen molar-refractivity contribution < 1.29 is 9.72 Å². The van der Waals surface area contributed by atoms with E-state index in [-0.39, 0.29) is 17.6 Å². The van der Waals surface area contributed by atoms with Crippen LogP contribution in [-0.2, 0) is 0 Å². The molecule has 6 heteroatoms. The van der Waals surface area contributed by atoms with Crippen molar-refractivity contribution in [3.05, 3.63) is 69.8 Å². The lowest BCUT2D eigenvalue weighted by Gasteiger charge is -2.32. The average Bonchev–Trinajstić information content (AvgIpc) is 2.68. The van der Waals surface area contributed by atoms with E-state index in [2.05, 4.69) is 29.3 Å². The second kappa shape index (κ2) is 8.20. The van der Waals surface area contributed by atoms with Gasteiger partial charge in [-0.15, -0.1) is 0 Å². The van der Waals surface area contributed by atoms with Crippen LogP contribution < -0.4 is 10.2 Å². The molecule has 1 N–H and O–H groups in total. The number of benzene rings is 2. The van der Waals surface area contributed by atoms with Gasteiger partial charge in [0.1, 0.15) is 0 Å². The van der Waals surface area contributed by atoms with Crippen molar-refractivity contribution in [3.63, 3.8) is 0 Å². The van der Waals surface area contributed by atoms with Crippen molar-refractivity contribution >= 4 is 17.3 Å². The Kier molecular flexibility index (Phi) is 5.74. The standard InChI is InChI=1S/C21H25N3O3/c1-15-11-13-23(14-12-15)19-7-3-17(4-8-19)16(2)22-21(25)18-5-9-20(10-6-18)24(26)27/h3-10,15-16H,11-14H2,1-2H3,(H,22,25). The van der Waals surface area contributed by atoms with Crippen LogP contribution in [0.1, 0.15) is 48.7 Å². The lowest BCUT2D eigenvalue weighted by molar-refractivity contribution is -0.384. The third kappa shape index (κ3) is 4.64. The van der Waals surface area contributed by atoms with Gasteiger partial charge in [0.05, 0.1) is 11.0 Å². The zero-order chi connectivity index (χ0) is 19.4. The summed E-state index contributed by atoms with van der Waals surface area (Å²) in [5.74, 6) is 0.557. The van der Waals surface area contributed by atoms with E-state index in [0.717, 1.165) is 24.6 Å². The zero-order valence-corrected chi connectivity index (χ0v) is 15.7. The van der Waals surface area contributed by atoms with Crippen LogP contribution in [0.4, 0.5) is 11.4 Å². The maximum absolute atomic E-state index is 12.4. The van der Waals surface area contributed by atoms with Crippen molar-refractivity contribution in [2.45, 2.75) is 32.7 Å². The third-order valence-electron chi connectivity index (χ3n) is 5.23. The molecule has 1 aliphatic heterocycles. The molecule has 0 spiro atoms. The fourth-order valence-corrected chi connectivity index (χ4v) is 3.34. The lowest BCUT2D eigenvalue weighted by atomic mass is 9.98. The Bertz CT molecular complexity index is 794. The van der Waals surface area contributed by atoms with Crippen molar-refractivity contribution in [2.24, 2.45) is 5.92 Å². The van der Waals surface area contributed by atoms with Gasteiger partial charge in [-0.1, -0.05) is 19.1 Å². The Morgan fingerprint density at radius 3 is 2.26 bits per heavy atom. The number of nitrogens with one attached hydrogen (secondary N) is 1. The maximum atomic E-state index is 12.4. The van der Waals surface area contributed by atoms with Gasteiger partial charge in [0.25, 0.3) is 11.6 Å². The van der Waals surface area contributed by atoms with Gasteiger partial charge in [-0.2, -0.15) is 0 Å². The molecule has 1 fully saturated rings. The molecule has 2 aromatic carbocycles. The lowest BCUT2D eigenvalue weighted by Crippen LogP contribution is -2.32. The Morgan fingerprint density at radius 2 is 1.70 bits per heavy atom. The van der Waals surface area contributed by atoms with Gasteiger partial charge in [-0.25, -0.2) is 0 Å². The molecule has 1 atom stereocenters. The van der Waals surface area contributed by atoms with Crippen LogP contribution in [0.2, 0.25) is 0 Å². The number of nitro groups is 1. The summed E-state index contributed by atoms with van der Waals surface area (Å²) in [4.78, 5) is 25.0. The normalized spacial score (nSPS) is 16.0. The predicted octanol–water partition coefficient (Wildman–Crippen LogP) is 4.32. The average molecular weight is 367 g/mol. The number of rotatable bonds is 5. The smallest absolute Gasteiger partial charge is 0.269 e. The largest absolute Gasteiger partial charge is 0.372 e. The van der Waals surface area contributed by atoms with Crippen LogP contribution in [0, 0.1) is 16.0 Å². The molecule has 1 heterocycles. The molecule has 27 heavy (non-hydrogen) atoms. The minimum atomic E-state index is -0.477. The molecule has 0 bridgehead atoms. The van der Waals surface area contributed by atoms with Crippen LogP contribution in [-0.4, -0.2) is 23.9 Å². The van der Waals surface area contributed by atoms with Gasteiger partial charge in [0, 0.05) is 36.5 Å². The first-order valence-electron chi connectivity index (χ1n) is 9.34. The first kappa shape index (κ1) is 18.9. The van der Waals surface area contributed by atoms with Crippen LogP contribution >= 0.6 is 0 Å². The third-order valence-corrected chi connectivity index (χ3v) is 5.23. The molecule has 2 aromatic rings. The molecule has 0 saturated carbocycles. The Labute approximate surface area is 159 Å². The summed E-state index contributed by atoms with van der Waals surface area (Å²) in [6.07, 6.45) is 2.45. The monoisotopic (exact) mass is 367 g/mol. The Morgan fingerprint density at radius 1 is 1.11 bits per heavy atom. The van der Waals surface area contributed by atoms with Gasteiger partial charge in [0.15, 0.2) is 0 Å². The summed E-state index contributed by atoms with van der Waals surface area (Å²) in [6.45, 7) is 6.41. The van der Waals surface area contributed by atoms with E-state index in [1.807, 2.05) is 19.1 Å². The van der Waals surface area contributed by atoms with Crippen molar-refractivity contribution in [1.82, 2.24) is 5.32 Å². The van der Waals surface area contributed by atoms with Crippen LogP contribution in [0.15, 0.2) is 48.5 Å². The molecular formula is C21H25N3O3. The maximum Gasteiger partial charge on any atom is 0.269 e. The van der Waals surface area contributed by atoms with E-state index in [4.69, 9.17) is 0 Å². The Balaban J connectivity index is 1.61.